The van der Waals surface area contributed by atoms with E-state index < -0.39 is 0 Å². The monoisotopic (exact) mass is 403 g/mol. The Kier molecular flexibility index (Phi) is 5.30. The number of aromatic nitrogens is 2. The van der Waals surface area contributed by atoms with Crippen LogP contribution in [0.2, 0.25) is 0 Å². The van der Waals surface area contributed by atoms with Crippen molar-refractivity contribution in [1.29, 1.82) is 0 Å². The van der Waals surface area contributed by atoms with Crippen LogP contribution >= 0.6 is 22.7 Å². The Bertz CT molecular complexity index is 905. The van der Waals surface area contributed by atoms with E-state index in [4.69, 9.17) is 9.26 Å². The normalized spacial score (nSPS) is 17.0. The number of hydrogen-bond acceptors (Lipinski definition) is 8. The summed E-state index contributed by atoms with van der Waals surface area (Å²) in [6, 6.07) is 7.44. The molecular weight excluding hydrogens is 386 g/mol. The van der Waals surface area contributed by atoms with Crippen LogP contribution in [-0.4, -0.2) is 40.0 Å². The molecule has 27 heavy (non-hydrogen) atoms. The molecule has 3 aromatic heterocycles. The number of carbonyl (C=O) groups excluding carboxylic acids is 2. The topological polar surface area (TPSA) is 85.5 Å². The third-order valence-electron chi connectivity index (χ3n) is 4.32. The molecule has 0 aromatic carbocycles. The van der Waals surface area contributed by atoms with E-state index in [1.165, 1.54) is 22.7 Å². The Morgan fingerprint density at radius 2 is 2.11 bits per heavy atom. The molecule has 1 atom stereocenters. The number of piperidine rings is 1. The fraction of sp³-hybridized carbons (Fsp3) is 0.333. The van der Waals surface area contributed by atoms with Gasteiger partial charge in [0, 0.05) is 13.1 Å². The van der Waals surface area contributed by atoms with Crippen molar-refractivity contribution in [3.8, 4) is 10.8 Å². The van der Waals surface area contributed by atoms with Crippen LogP contribution in [-0.2, 0) is 16.1 Å². The van der Waals surface area contributed by atoms with E-state index in [9.17, 15) is 9.59 Å². The average molecular weight is 403 g/mol. The van der Waals surface area contributed by atoms with Crippen molar-refractivity contribution < 1.29 is 18.8 Å². The van der Waals surface area contributed by atoms with Crippen LogP contribution in [0.1, 0.15) is 28.3 Å². The first-order chi connectivity index (χ1) is 13.2. The van der Waals surface area contributed by atoms with E-state index in [-0.39, 0.29) is 24.4 Å². The molecule has 4 rings (SSSR count). The molecule has 0 saturated carbocycles. The second kappa shape index (κ2) is 8.01. The highest BCUT2D eigenvalue weighted by Gasteiger charge is 2.30. The number of likely N-dealkylation sites (tertiary alicyclic amines) is 1. The van der Waals surface area contributed by atoms with Crippen molar-refractivity contribution in [2.75, 3.05) is 13.1 Å². The van der Waals surface area contributed by atoms with Gasteiger partial charge in [0.2, 0.25) is 5.82 Å². The zero-order valence-corrected chi connectivity index (χ0v) is 16.0. The number of rotatable bonds is 5. The summed E-state index contributed by atoms with van der Waals surface area (Å²) in [4.78, 5) is 32.4. The number of carbonyl (C=O) groups is 2. The number of esters is 1. The summed E-state index contributed by atoms with van der Waals surface area (Å²) in [6.45, 7) is 1.00. The molecule has 1 amide bonds. The second-order valence-corrected chi connectivity index (χ2v) is 8.06. The van der Waals surface area contributed by atoms with E-state index in [2.05, 4.69) is 10.1 Å². The molecular formula is C18H17N3O4S2. The van der Waals surface area contributed by atoms with Crippen LogP contribution in [0.25, 0.3) is 10.8 Å². The fourth-order valence-corrected chi connectivity index (χ4v) is 4.31. The van der Waals surface area contributed by atoms with Gasteiger partial charge in [-0.25, -0.2) is 0 Å². The van der Waals surface area contributed by atoms with Crippen molar-refractivity contribution in [3.63, 3.8) is 0 Å². The number of nitrogens with zero attached hydrogens (tertiary/aromatic N) is 3. The van der Waals surface area contributed by atoms with Crippen LogP contribution in [0.5, 0.6) is 0 Å². The van der Waals surface area contributed by atoms with Crippen LogP contribution < -0.4 is 0 Å². The number of hydrogen-bond donors (Lipinski definition) is 0. The molecule has 140 valence electrons. The molecule has 1 aliphatic heterocycles. The van der Waals surface area contributed by atoms with Gasteiger partial charge in [0.15, 0.2) is 6.61 Å². The van der Waals surface area contributed by atoms with E-state index in [1.54, 1.807) is 11.0 Å². The molecule has 0 aliphatic carbocycles. The Balaban J connectivity index is 1.32. The van der Waals surface area contributed by atoms with Gasteiger partial charge >= 0.3 is 5.97 Å². The van der Waals surface area contributed by atoms with Gasteiger partial charge in [-0.15, -0.1) is 22.7 Å². The van der Waals surface area contributed by atoms with Gasteiger partial charge in [-0.05, 0) is 35.7 Å². The van der Waals surface area contributed by atoms with Gasteiger partial charge in [-0.3, -0.25) is 9.59 Å². The Hall–Kier alpha value is -2.52. The maximum absolute atomic E-state index is 12.5. The Labute approximate surface area is 163 Å². The average Bonchev–Trinajstić information content (AvgIpc) is 3.47. The summed E-state index contributed by atoms with van der Waals surface area (Å²) in [5, 5.41) is 7.64. The van der Waals surface area contributed by atoms with Crippen molar-refractivity contribution >= 4 is 34.6 Å². The zero-order valence-electron chi connectivity index (χ0n) is 14.4. The largest absolute Gasteiger partial charge is 0.457 e. The third-order valence-corrected chi connectivity index (χ3v) is 6.03. The van der Waals surface area contributed by atoms with Gasteiger partial charge in [-0.1, -0.05) is 17.3 Å². The second-order valence-electron chi connectivity index (χ2n) is 6.17. The molecule has 1 fully saturated rings. The number of ether oxygens (including phenoxy) is 1. The summed E-state index contributed by atoms with van der Waals surface area (Å²) in [5.41, 5.74) is 0. The van der Waals surface area contributed by atoms with Crippen molar-refractivity contribution in [3.05, 3.63) is 45.7 Å². The highest BCUT2D eigenvalue weighted by atomic mass is 32.1. The lowest BCUT2D eigenvalue weighted by atomic mass is 9.98. The summed E-state index contributed by atoms with van der Waals surface area (Å²) in [7, 11) is 0. The maximum atomic E-state index is 12.5. The Morgan fingerprint density at radius 3 is 2.89 bits per heavy atom. The molecule has 0 radical (unpaired) electrons. The predicted molar refractivity (Wildman–Crippen MR) is 100 cm³/mol. The Morgan fingerprint density at radius 1 is 1.26 bits per heavy atom. The molecule has 3 aromatic rings. The molecule has 1 unspecified atom stereocenters. The molecule has 4 heterocycles. The molecule has 7 nitrogen and oxygen atoms in total. The van der Waals surface area contributed by atoms with Gasteiger partial charge in [0.25, 0.3) is 11.8 Å². The molecule has 0 N–H and O–H groups in total. The van der Waals surface area contributed by atoms with Gasteiger partial charge < -0.3 is 14.2 Å². The lowest BCUT2D eigenvalue weighted by Crippen LogP contribution is -2.42. The van der Waals surface area contributed by atoms with E-state index >= 15 is 0 Å². The highest BCUT2D eigenvalue weighted by Crippen LogP contribution is 2.24. The SMILES string of the molecule is O=C(OCc1noc(-c2cccs2)n1)C1CCCN(C(=O)c2cccs2)C1. The lowest BCUT2D eigenvalue weighted by Gasteiger charge is -2.31. The predicted octanol–water partition coefficient (Wildman–Crippen LogP) is 3.46. The van der Waals surface area contributed by atoms with E-state index in [0.717, 1.165) is 11.3 Å². The number of amides is 1. The standard InChI is InChI=1S/C18H17N3O4S2/c22-17(14-6-3-9-27-14)21-7-1-4-12(10-21)18(23)24-11-15-19-16(25-20-15)13-5-2-8-26-13/h2-3,5-6,8-9,12H,1,4,7,10-11H2. The van der Waals surface area contributed by atoms with Crippen molar-refractivity contribution in [1.82, 2.24) is 15.0 Å². The van der Waals surface area contributed by atoms with Crippen LogP contribution in [0.3, 0.4) is 0 Å². The lowest BCUT2D eigenvalue weighted by molar-refractivity contribution is -0.151. The van der Waals surface area contributed by atoms with Crippen LogP contribution in [0.15, 0.2) is 39.5 Å². The third kappa shape index (κ3) is 4.09. The summed E-state index contributed by atoms with van der Waals surface area (Å²) < 4.78 is 10.5. The molecule has 0 bridgehead atoms. The quantitative estimate of drug-likeness (QED) is 0.607. The highest BCUT2D eigenvalue weighted by molar-refractivity contribution is 7.13. The minimum Gasteiger partial charge on any atom is -0.457 e. The fourth-order valence-electron chi connectivity index (χ4n) is 2.98. The first-order valence-corrected chi connectivity index (χ1v) is 10.3. The van der Waals surface area contributed by atoms with Gasteiger partial charge in [0.05, 0.1) is 15.7 Å². The smallest absolute Gasteiger partial charge is 0.311 e. The van der Waals surface area contributed by atoms with Crippen molar-refractivity contribution in [2.24, 2.45) is 5.92 Å². The molecule has 1 saturated heterocycles. The van der Waals surface area contributed by atoms with Gasteiger partial charge in [0.1, 0.15) is 0 Å². The minimum absolute atomic E-state index is 0.0266. The molecule has 0 spiro atoms. The molecule has 9 heteroatoms. The maximum Gasteiger partial charge on any atom is 0.311 e. The van der Waals surface area contributed by atoms with E-state index in [1.807, 2.05) is 29.0 Å². The zero-order chi connectivity index (χ0) is 18.6. The first kappa shape index (κ1) is 17.9. The minimum atomic E-state index is -0.332. The summed E-state index contributed by atoms with van der Waals surface area (Å²) in [5.74, 6) is 0.0595. The van der Waals surface area contributed by atoms with Crippen LogP contribution in [0.4, 0.5) is 0 Å². The van der Waals surface area contributed by atoms with E-state index in [0.29, 0.717) is 36.1 Å². The van der Waals surface area contributed by atoms with Crippen molar-refractivity contribution in [2.45, 2.75) is 19.4 Å². The summed E-state index contributed by atoms with van der Waals surface area (Å²) in [6.07, 6.45) is 1.49. The first-order valence-electron chi connectivity index (χ1n) is 8.56. The van der Waals surface area contributed by atoms with Crippen LogP contribution in [0, 0.1) is 5.92 Å². The molecule has 1 aliphatic rings. The van der Waals surface area contributed by atoms with Gasteiger partial charge in [-0.2, -0.15) is 4.98 Å². The number of thiophene rings is 2. The summed E-state index contributed by atoms with van der Waals surface area (Å²) >= 11 is 2.91.